The number of likely N-dealkylation sites (tertiary alicyclic amines) is 1. The normalized spacial score (nSPS) is 14.2. The van der Waals surface area contributed by atoms with Crippen molar-refractivity contribution in [2.24, 2.45) is 7.05 Å². The van der Waals surface area contributed by atoms with Crippen LogP contribution >= 0.6 is 11.6 Å². The third kappa shape index (κ3) is 3.56. The summed E-state index contributed by atoms with van der Waals surface area (Å²) in [6, 6.07) is 7.15. The Morgan fingerprint density at radius 3 is 2.60 bits per heavy atom. The zero-order chi connectivity index (χ0) is 18.0. The number of hydrogen-bond donors (Lipinski definition) is 1. The summed E-state index contributed by atoms with van der Waals surface area (Å²) in [5, 5.41) is 7.56. The van der Waals surface area contributed by atoms with Gasteiger partial charge in [-0.05, 0) is 6.07 Å². The van der Waals surface area contributed by atoms with Gasteiger partial charge in [0, 0.05) is 44.7 Å². The van der Waals surface area contributed by atoms with Gasteiger partial charge < -0.3 is 5.32 Å². The molecule has 1 aromatic heterocycles. The Morgan fingerprint density at radius 1 is 1.24 bits per heavy atom. The van der Waals surface area contributed by atoms with Crippen LogP contribution in [-0.2, 0) is 16.6 Å². The first-order valence-electron chi connectivity index (χ1n) is 7.87. The molecule has 3 rings (SSSR count). The van der Waals surface area contributed by atoms with E-state index in [4.69, 9.17) is 11.6 Å². The highest BCUT2D eigenvalue weighted by Gasteiger charge is 2.28. The summed E-state index contributed by atoms with van der Waals surface area (Å²) in [4.78, 5) is 36.8. The molecule has 3 amide bonds. The molecule has 1 aromatic carbocycles. The number of halogens is 1. The second-order valence-corrected chi connectivity index (χ2v) is 6.15. The standard InChI is InChI=1S/C17H17ClN4O3/c1-21-10-12(16(20-21)11-4-2-3-5-13(11)18)17(25)19-8-9-22-14(23)6-7-15(22)24/h2-5,10H,6-9H2,1H3,(H,19,25). The van der Waals surface area contributed by atoms with Crippen LogP contribution in [0.2, 0.25) is 5.02 Å². The van der Waals surface area contributed by atoms with Gasteiger partial charge in [-0.25, -0.2) is 0 Å². The van der Waals surface area contributed by atoms with Crippen molar-refractivity contribution in [2.45, 2.75) is 12.8 Å². The maximum atomic E-state index is 12.5. The quantitative estimate of drug-likeness (QED) is 0.821. The lowest BCUT2D eigenvalue weighted by atomic mass is 10.1. The predicted molar refractivity (Wildman–Crippen MR) is 91.9 cm³/mol. The molecule has 7 nitrogen and oxygen atoms in total. The van der Waals surface area contributed by atoms with Gasteiger partial charge in [-0.1, -0.05) is 29.8 Å². The summed E-state index contributed by atoms with van der Waals surface area (Å²) < 4.78 is 1.54. The van der Waals surface area contributed by atoms with Crippen LogP contribution in [0.1, 0.15) is 23.2 Å². The van der Waals surface area contributed by atoms with Crippen molar-refractivity contribution >= 4 is 29.3 Å². The van der Waals surface area contributed by atoms with E-state index < -0.39 is 0 Å². The zero-order valence-corrected chi connectivity index (χ0v) is 14.4. The molecule has 2 heterocycles. The van der Waals surface area contributed by atoms with Crippen molar-refractivity contribution in [2.75, 3.05) is 13.1 Å². The van der Waals surface area contributed by atoms with Gasteiger partial charge in [0.15, 0.2) is 0 Å². The third-order valence-corrected chi connectivity index (χ3v) is 4.31. The molecule has 1 aliphatic heterocycles. The zero-order valence-electron chi connectivity index (χ0n) is 13.7. The van der Waals surface area contributed by atoms with Crippen LogP contribution in [0.25, 0.3) is 11.3 Å². The van der Waals surface area contributed by atoms with Gasteiger partial charge in [0.05, 0.1) is 10.6 Å². The first-order valence-corrected chi connectivity index (χ1v) is 8.25. The minimum atomic E-state index is -0.331. The molecular formula is C17H17ClN4O3. The number of carbonyl (C=O) groups is 3. The number of imide groups is 1. The highest BCUT2D eigenvalue weighted by Crippen LogP contribution is 2.28. The number of aromatic nitrogens is 2. The smallest absolute Gasteiger partial charge is 0.255 e. The molecule has 0 bridgehead atoms. The number of hydrogen-bond acceptors (Lipinski definition) is 4. The van der Waals surface area contributed by atoms with E-state index in [1.54, 1.807) is 36.1 Å². The summed E-state index contributed by atoms with van der Waals surface area (Å²) in [6.07, 6.45) is 2.10. The van der Waals surface area contributed by atoms with Crippen LogP contribution in [0, 0.1) is 0 Å². The van der Waals surface area contributed by atoms with Crippen LogP contribution in [0.4, 0.5) is 0 Å². The van der Waals surface area contributed by atoms with Crippen LogP contribution in [0.5, 0.6) is 0 Å². The fourth-order valence-electron chi connectivity index (χ4n) is 2.76. The number of nitrogens with zero attached hydrogens (tertiary/aromatic N) is 3. The van der Waals surface area contributed by atoms with Gasteiger partial charge >= 0.3 is 0 Å². The number of aryl methyl sites for hydroxylation is 1. The number of rotatable bonds is 5. The van der Waals surface area contributed by atoms with Gasteiger partial charge in [0.1, 0.15) is 5.69 Å². The van der Waals surface area contributed by atoms with Gasteiger partial charge in [-0.2, -0.15) is 5.10 Å². The summed E-state index contributed by atoms with van der Waals surface area (Å²) in [5.41, 5.74) is 1.54. The van der Waals surface area contributed by atoms with Crippen LogP contribution < -0.4 is 5.32 Å². The van der Waals surface area contributed by atoms with Crippen molar-refractivity contribution in [1.29, 1.82) is 0 Å². The van der Waals surface area contributed by atoms with Gasteiger partial charge in [0.2, 0.25) is 11.8 Å². The molecular weight excluding hydrogens is 344 g/mol. The van der Waals surface area contributed by atoms with E-state index in [-0.39, 0.29) is 43.7 Å². The van der Waals surface area contributed by atoms with Crippen molar-refractivity contribution in [3.05, 3.63) is 41.0 Å². The number of carbonyl (C=O) groups excluding carboxylic acids is 3. The molecule has 1 saturated heterocycles. The Hall–Kier alpha value is -2.67. The van der Waals surface area contributed by atoms with E-state index in [9.17, 15) is 14.4 Å². The fourth-order valence-corrected chi connectivity index (χ4v) is 2.98. The Morgan fingerprint density at radius 2 is 1.92 bits per heavy atom. The van der Waals surface area contributed by atoms with Crippen molar-refractivity contribution in [3.63, 3.8) is 0 Å². The highest BCUT2D eigenvalue weighted by atomic mass is 35.5. The first kappa shape index (κ1) is 17.2. The number of benzene rings is 1. The molecule has 1 fully saturated rings. The minimum absolute atomic E-state index is 0.172. The molecule has 1 aliphatic rings. The van der Waals surface area contributed by atoms with E-state index in [1.807, 2.05) is 6.07 Å². The maximum Gasteiger partial charge on any atom is 0.255 e. The van der Waals surface area contributed by atoms with Crippen LogP contribution in [0.15, 0.2) is 30.5 Å². The summed E-state index contributed by atoms with van der Waals surface area (Å²) >= 11 is 6.20. The minimum Gasteiger partial charge on any atom is -0.350 e. The van der Waals surface area contributed by atoms with Crippen LogP contribution in [-0.4, -0.2) is 45.5 Å². The second-order valence-electron chi connectivity index (χ2n) is 5.74. The third-order valence-electron chi connectivity index (χ3n) is 3.98. The van der Waals surface area contributed by atoms with E-state index in [0.29, 0.717) is 21.8 Å². The Bertz CT molecular complexity index is 830. The lowest BCUT2D eigenvalue weighted by Crippen LogP contribution is -2.37. The van der Waals surface area contributed by atoms with Crippen molar-refractivity contribution in [3.8, 4) is 11.3 Å². The second kappa shape index (κ2) is 7.06. The average Bonchev–Trinajstić information content (AvgIpc) is 3.12. The largest absolute Gasteiger partial charge is 0.350 e. The number of amides is 3. The molecule has 0 aliphatic carbocycles. The molecule has 25 heavy (non-hydrogen) atoms. The monoisotopic (exact) mass is 360 g/mol. The molecule has 8 heteroatoms. The van der Waals surface area contributed by atoms with E-state index in [0.717, 1.165) is 0 Å². The average molecular weight is 361 g/mol. The van der Waals surface area contributed by atoms with E-state index in [1.165, 1.54) is 4.90 Å². The molecule has 1 N–H and O–H groups in total. The SMILES string of the molecule is Cn1cc(C(=O)NCCN2C(=O)CCC2=O)c(-c2ccccc2Cl)n1. The molecule has 0 spiro atoms. The fraction of sp³-hybridized carbons (Fsp3) is 0.294. The van der Waals surface area contributed by atoms with Gasteiger partial charge in [-0.15, -0.1) is 0 Å². The molecule has 0 saturated carbocycles. The van der Waals surface area contributed by atoms with E-state index >= 15 is 0 Å². The number of nitrogens with one attached hydrogen (secondary N) is 1. The molecule has 0 radical (unpaired) electrons. The Kier molecular flexibility index (Phi) is 4.85. The topological polar surface area (TPSA) is 84.3 Å². The Balaban J connectivity index is 1.72. The van der Waals surface area contributed by atoms with E-state index in [2.05, 4.69) is 10.4 Å². The Labute approximate surface area is 149 Å². The van der Waals surface area contributed by atoms with Gasteiger partial charge in [0.25, 0.3) is 5.91 Å². The lowest BCUT2D eigenvalue weighted by molar-refractivity contribution is -0.138. The summed E-state index contributed by atoms with van der Waals surface area (Å²) in [5.74, 6) is -0.725. The molecule has 0 unspecified atom stereocenters. The first-order chi connectivity index (χ1) is 12.0. The molecule has 2 aromatic rings. The van der Waals surface area contributed by atoms with Crippen molar-refractivity contribution in [1.82, 2.24) is 20.0 Å². The predicted octanol–water partition coefficient (Wildman–Crippen LogP) is 1.62. The van der Waals surface area contributed by atoms with Crippen molar-refractivity contribution < 1.29 is 14.4 Å². The molecule has 130 valence electrons. The summed E-state index contributed by atoms with van der Waals surface area (Å²) in [7, 11) is 1.72. The van der Waals surface area contributed by atoms with Crippen LogP contribution in [0.3, 0.4) is 0 Å². The molecule has 0 atom stereocenters. The van der Waals surface area contributed by atoms with Gasteiger partial charge in [-0.3, -0.25) is 24.0 Å². The highest BCUT2D eigenvalue weighted by molar-refractivity contribution is 6.33. The maximum absolute atomic E-state index is 12.5. The lowest BCUT2D eigenvalue weighted by Gasteiger charge is -2.14. The summed E-state index contributed by atoms with van der Waals surface area (Å²) in [6.45, 7) is 0.359.